The Morgan fingerprint density at radius 1 is 0.368 bits per heavy atom. The van der Waals surface area contributed by atoms with E-state index in [4.69, 9.17) is 42.6 Å². The van der Waals surface area contributed by atoms with Gasteiger partial charge in [0.1, 0.15) is 51.7 Å². The molecule has 7 rings (SSSR count). The number of carbonyl (C=O) groups excluding carboxylic acids is 3. The molecule has 4 heterocycles. The van der Waals surface area contributed by atoms with Crippen LogP contribution in [-0.4, -0.2) is 151 Å². The van der Waals surface area contributed by atoms with E-state index < -0.39 is 17.9 Å². The van der Waals surface area contributed by atoms with Gasteiger partial charge in [0.25, 0.3) is 0 Å². The molecule has 3 aromatic carbocycles. The van der Waals surface area contributed by atoms with Crippen LogP contribution in [0.15, 0.2) is 72.8 Å². The zero-order valence-corrected chi connectivity index (χ0v) is 45.6. The number of methoxy groups -OCH3 is 9. The molecule has 1 aliphatic heterocycles. The van der Waals surface area contributed by atoms with Gasteiger partial charge in [0.05, 0.1) is 133 Å². The molecular formula is C54H57N6O15Tb. The van der Waals surface area contributed by atoms with Crippen LogP contribution in [0.4, 0.5) is 0 Å². The van der Waals surface area contributed by atoms with Gasteiger partial charge in [0.15, 0.2) is 0 Å². The molecule has 0 saturated carbocycles. The standard InChI is InChI=1S/C54H60N6O15.Tb/c1-67-37-22-43(70-4)49(44(23-37)71-5)31-16-34(55-40(19-31)52(61)62)28-58-10-12-59(29-35-17-32(20-41(56-35)53(63)64)50-45(72-6)24-38(68-2)25-46(50)73-7)14-15-60(13-11-58)30-36-18-33(21-42(57-36)54(65)66)51-47(74-8)26-39(69-3)27-48(51)75-9;/h16-27H,10-15,28-30H2,1-9H3,(H,61,62)(H,63,64)(H,65,66);/q;+3/p-3. The summed E-state index contributed by atoms with van der Waals surface area (Å²) in [7, 11) is 13.4. The van der Waals surface area contributed by atoms with Crippen molar-refractivity contribution in [2.24, 2.45) is 0 Å². The van der Waals surface area contributed by atoms with Crippen LogP contribution in [0, 0.1) is 38.6 Å². The first-order valence-corrected chi connectivity index (χ1v) is 23.4. The smallest absolute Gasteiger partial charge is 0.543 e. The van der Waals surface area contributed by atoms with Crippen molar-refractivity contribution in [1.29, 1.82) is 0 Å². The van der Waals surface area contributed by atoms with Crippen LogP contribution in [0.5, 0.6) is 51.7 Å². The summed E-state index contributed by atoms with van der Waals surface area (Å²) in [5.41, 5.74) is 3.02. The molecule has 76 heavy (non-hydrogen) atoms. The summed E-state index contributed by atoms with van der Waals surface area (Å²) in [4.78, 5) is 57.6. The third-order valence-corrected chi connectivity index (χ3v) is 12.6. The Kier molecular flexibility index (Phi) is 20.3. The van der Waals surface area contributed by atoms with Gasteiger partial charge in [-0.1, -0.05) is 0 Å². The summed E-state index contributed by atoms with van der Waals surface area (Å²) in [5.74, 6) is -0.867. The minimum atomic E-state index is -1.49. The van der Waals surface area contributed by atoms with Gasteiger partial charge in [-0.05, 0) is 53.1 Å². The zero-order valence-electron chi connectivity index (χ0n) is 43.4. The number of carboxylic acid groups (broad SMARTS) is 3. The second-order valence-corrected chi connectivity index (χ2v) is 17.1. The normalized spacial score (nSPS) is 13.2. The molecule has 3 aromatic heterocycles. The molecule has 0 amide bonds. The fraction of sp³-hybridized carbons (Fsp3) is 0.333. The van der Waals surface area contributed by atoms with Gasteiger partial charge in [0, 0.05) is 95.3 Å². The molecule has 402 valence electrons. The van der Waals surface area contributed by atoms with E-state index in [1.54, 1.807) is 54.6 Å². The van der Waals surface area contributed by atoms with Crippen LogP contribution in [0.1, 0.15) is 48.5 Å². The second-order valence-electron chi connectivity index (χ2n) is 17.1. The molecule has 0 atom stereocenters. The minimum Gasteiger partial charge on any atom is -0.543 e. The second kappa shape index (κ2) is 26.6. The van der Waals surface area contributed by atoms with Crippen molar-refractivity contribution in [3.63, 3.8) is 0 Å². The average molecular weight is 1190 g/mol. The number of hydrogen-bond acceptors (Lipinski definition) is 21. The number of pyridine rings is 3. The predicted molar refractivity (Wildman–Crippen MR) is 267 cm³/mol. The Hall–Kier alpha value is -7.11. The number of hydrogen-bond donors (Lipinski definition) is 0. The Morgan fingerprint density at radius 3 is 0.750 bits per heavy atom. The SMILES string of the molecule is COc1cc(OC)c(-c2cc(CN3CCN(Cc4cc(-c5c(OC)cc(OC)cc5OC)cc(C(=O)[O-])n4)CCN(Cc4cc(-c5c(OC)cc(OC)cc5OC)cc(C(=O)[O-])n4)CC3)nc(C(=O)[O-])c2)c(OC)c1.[Tb+3]. The van der Waals surface area contributed by atoms with Crippen LogP contribution >= 0.6 is 0 Å². The summed E-state index contributed by atoms with van der Waals surface area (Å²) in [6.45, 7) is 3.00. The minimum absolute atomic E-state index is 0. The van der Waals surface area contributed by atoms with Gasteiger partial charge in [-0.2, -0.15) is 0 Å². The van der Waals surface area contributed by atoms with Gasteiger partial charge in [0.2, 0.25) is 0 Å². The number of carbonyl (C=O) groups is 3. The summed E-state index contributed by atoms with van der Waals surface area (Å²) >= 11 is 0. The number of nitrogens with zero attached hydrogens (tertiary/aromatic N) is 6. The van der Waals surface area contributed by atoms with Gasteiger partial charge < -0.3 is 72.3 Å². The molecule has 6 aromatic rings. The van der Waals surface area contributed by atoms with Crippen molar-refractivity contribution in [3.8, 4) is 85.1 Å². The van der Waals surface area contributed by atoms with Gasteiger partial charge >= 0.3 is 38.6 Å². The third kappa shape index (κ3) is 13.6. The van der Waals surface area contributed by atoms with Crippen molar-refractivity contribution in [1.82, 2.24) is 29.7 Å². The van der Waals surface area contributed by atoms with Crippen LogP contribution < -0.4 is 58.0 Å². The van der Waals surface area contributed by atoms with Crippen molar-refractivity contribution in [2.75, 3.05) is 103 Å². The quantitative estimate of drug-likeness (QED) is 0.100. The summed E-state index contributed by atoms with van der Waals surface area (Å²) in [6, 6.07) is 19.5. The molecule has 1 saturated heterocycles. The number of benzene rings is 3. The van der Waals surface area contributed by atoms with E-state index in [1.807, 2.05) is 0 Å². The molecule has 0 bridgehead atoms. The van der Waals surface area contributed by atoms with Crippen LogP contribution in [0.3, 0.4) is 0 Å². The molecule has 0 spiro atoms. The first-order valence-electron chi connectivity index (χ1n) is 23.4. The fourth-order valence-corrected chi connectivity index (χ4v) is 8.97. The summed E-state index contributed by atoms with van der Waals surface area (Å²) < 4.78 is 50.7. The van der Waals surface area contributed by atoms with E-state index in [0.29, 0.717) is 141 Å². The third-order valence-electron chi connectivity index (χ3n) is 12.6. The molecule has 22 heteroatoms. The zero-order chi connectivity index (χ0) is 53.9. The maximum atomic E-state index is 12.6. The Bertz CT molecular complexity index is 2660. The topological polar surface area (TPSA) is 252 Å². The number of aromatic nitrogens is 3. The van der Waals surface area contributed by atoms with E-state index in [9.17, 15) is 29.7 Å². The Balaban J connectivity index is 0.00000937. The molecule has 0 unspecified atom stereocenters. The number of carboxylic acids is 3. The molecule has 1 aliphatic rings. The van der Waals surface area contributed by atoms with Crippen molar-refractivity contribution < 1.29 is 111 Å². The summed E-state index contributed by atoms with van der Waals surface area (Å²) in [6.07, 6.45) is 0. The first-order chi connectivity index (χ1) is 36.1. The van der Waals surface area contributed by atoms with Crippen molar-refractivity contribution in [3.05, 3.63) is 107 Å². The molecule has 0 N–H and O–H groups in total. The number of aromatic carboxylic acids is 3. The molecule has 0 radical (unpaired) electrons. The first kappa shape index (κ1) is 58.2. The van der Waals surface area contributed by atoms with Crippen LogP contribution in [0.2, 0.25) is 0 Å². The fourth-order valence-electron chi connectivity index (χ4n) is 8.97. The maximum absolute atomic E-state index is 12.6. The van der Waals surface area contributed by atoms with Crippen LogP contribution in [0.25, 0.3) is 33.4 Å². The Labute approximate surface area is 470 Å². The van der Waals surface area contributed by atoms with E-state index in [0.717, 1.165) is 0 Å². The van der Waals surface area contributed by atoms with Crippen molar-refractivity contribution >= 4 is 17.9 Å². The molecule has 1 fully saturated rings. The van der Waals surface area contributed by atoms with Gasteiger partial charge in [-0.25, -0.2) is 0 Å². The Morgan fingerprint density at radius 2 is 0.579 bits per heavy atom. The predicted octanol–water partition coefficient (Wildman–Crippen LogP) is 2.86. The van der Waals surface area contributed by atoms with Gasteiger partial charge in [-0.3, -0.25) is 29.7 Å². The number of rotatable bonds is 21. The monoisotopic (exact) mass is 1190 g/mol. The van der Waals surface area contributed by atoms with E-state index >= 15 is 0 Å². The molecule has 21 nitrogen and oxygen atoms in total. The maximum Gasteiger partial charge on any atom is 3.00 e. The summed E-state index contributed by atoms with van der Waals surface area (Å²) in [5, 5.41) is 37.7. The molecular weight excluding hydrogens is 1130 g/mol. The van der Waals surface area contributed by atoms with E-state index in [1.165, 1.54) is 82.2 Å². The average Bonchev–Trinajstić information content (AvgIpc) is 3.51. The number of ether oxygens (including phenoxy) is 9. The van der Waals surface area contributed by atoms with E-state index in [2.05, 4.69) is 29.7 Å². The van der Waals surface area contributed by atoms with Gasteiger partial charge in [-0.15, -0.1) is 0 Å². The van der Waals surface area contributed by atoms with Crippen LogP contribution in [-0.2, 0) is 19.6 Å². The molecule has 0 aliphatic carbocycles. The van der Waals surface area contributed by atoms with E-state index in [-0.39, 0.29) is 75.3 Å². The largest absolute Gasteiger partial charge is 3.00 e. The van der Waals surface area contributed by atoms with Crippen molar-refractivity contribution in [2.45, 2.75) is 19.6 Å².